The Morgan fingerprint density at radius 3 is 1.84 bits per heavy atom. The van der Waals surface area contributed by atoms with Crippen LogP contribution in [0.15, 0.2) is 151 Å². The Hall–Kier alpha value is -6.66. The van der Waals surface area contributed by atoms with Crippen LogP contribution in [0.3, 0.4) is 0 Å². The summed E-state index contributed by atoms with van der Waals surface area (Å²) in [5.74, 6) is 4.09. The molecule has 0 saturated heterocycles. The average Bonchev–Trinajstić information content (AvgIpc) is 2.07. The van der Waals surface area contributed by atoms with Crippen LogP contribution in [0.2, 0.25) is 0 Å². The lowest BCUT2D eigenvalue weighted by molar-refractivity contribution is -0.126. The molecule has 0 fully saturated rings. The first-order valence-electron chi connectivity index (χ1n) is 32.2. The molecule has 85 heavy (non-hydrogen) atoms. The molecule has 3 heterocycles. The van der Waals surface area contributed by atoms with Crippen LogP contribution in [0.1, 0.15) is 199 Å². The molecule has 3 aliphatic carbocycles. The van der Waals surface area contributed by atoms with Crippen molar-refractivity contribution in [2.75, 3.05) is 48.9 Å². The predicted octanol–water partition coefficient (Wildman–Crippen LogP) is 18.5. The lowest BCUT2D eigenvalue weighted by Crippen LogP contribution is -2.38. The summed E-state index contributed by atoms with van der Waals surface area (Å²) in [7, 11) is 3.55. The van der Waals surface area contributed by atoms with Crippen molar-refractivity contribution in [3.05, 3.63) is 218 Å². The number of ether oxygens (including phenoxy) is 1. The first-order valence-corrected chi connectivity index (χ1v) is 32.2. The molecule has 0 radical (unpaired) electrons. The predicted molar refractivity (Wildman–Crippen MR) is 359 cm³/mol. The van der Waals surface area contributed by atoms with Crippen molar-refractivity contribution < 1.29 is 14.3 Å². The maximum atomic E-state index is 12.6. The van der Waals surface area contributed by atoms with Crippen molar-refractivity contribution in [2.24, 2.45) is 28.1 Å². The number of nitrogens with zero attached hydrogens (tertiary/aromatic N) is 2. The molecule has 6 heteroatoms. The standard InChI is InChI=1S/C29H35NO.2C24H31N.C2H4O2/c1-21(31)30-16-15-27(29(2,3)4)26-20-24(17-22-11-7-5-8-12-22)19-25(28(26)30)18-23-13-9-6-10-14-23;1-24(2,3)22-11-12-25(4)23-10-9-17(16-21(22)23)13-18-14-19-7-5-6-8-20(19)15-18;1-16-19(15-18-7-5-6-8-20(16)18)13-17-9-10-23-21(14-17)22(11-12-25-23)24(2,3)4;1-4-2-3/h6-7,9-14,19-20,27H,5,8,15-18H2,1-4H3;5-10,16,18,22H,11-15H2,1-4H3;5-10,14,16,19,22,25H,11-13,15H2,1-4H3;2H,1H3. The van der Waals surface area contributed by atoms with E-state index in [1.807, 2.05) is 4.90 Å². The summed E-state index contributed by atoms with van der Waals surface area (Å²) in [5, 5.41) is 3.61. The number of methoxy groups -OCH3 is 1. The fourth-order valence-electron chi connectivity index (χ4n) is 15.2. The van der Waals surface area contributed by atoms with E-state index in [0.29, 0.717) is 41.0 Å². The zero-order chi connectivity index (χ0) is 60.6. The molecule has 6 nitrogen and oxygen atoms in total. The monoisotopic (exact) mass is 1140 g/mol. The summed E-state index contributed by atoms with van der Waals surface area (Å²) in [6.07, 6.45) is 20.7. The number of fused-ring (bicyclic) bond motifs is 5. The number of carbonyl (C=O) groups excluding carboxylic acids is 2. The van der Waals surface area contributed by atoms with Crippen LogP contribution >= 0.6 is 0 Å². The van der Waals surface area contributed by atoms with E-state index in [2.05, 4.69) is 237 Å². The molecule has 1 amide bonds. The summed E-state index contributed by atoms with van der Waals surface area (Å²) >= 11 is 0. The molecule has 0 bridgehead atoms. The van der Waals surface area contributed by atoms with E-state index >= 15 is 0 Å². The molecule has 0 aromatic heterocycles. The zero-order valence-corrected chi connectivity index (χ0v) is 54.1. The van der Waals surface area contributed by atoms with E-state index in [9.17, 15) is 4.79 Å². The Bertz CT molecular complexity index is 3280. The van der Waals surface area contributed by atoms with Crippen LogP contribution in [0.4, 0.5) is 17.1 Å². The van der Waals surface area contributed by atoms with Crippen molar-refractivity contribution in [1.82, 2.24) is 0 Å². The highest BCUT2D eigenvalue weighted by molar-refractivity contribution is 5.94. The third kappa shape index (κ3) is 15.5. The Labute approximate surface area is 513 Å². The van der Waals surface area contributed by atoms with Crippen LogP contribution in [-0.2, 0) is 59.3 Å². The first kappa shape index (κ1) is 62.9. The van der Waals surface area contributed by atoms with E-state index in [1.54, 1.807) is 40.3 Å². The largest absolute Gasteiger partial charge is 0.471 e. The molecule has 3 aliphatic heterocycles. The number of rotatable bonds is 9. The summed E-state index contributed by atoms with van der Waals surface area (Å²) in [6, 6.07) is 47.9. The number of hydrogen-bond donors (Lipinski definition) is 1. The molecule has 12 rings (SSSR count). The molecule has 6 aromatic carbocycles. The van der Waals surface area contributed by atoms with E-state index in [4.69, 9.17) is 4.79 Å². The van der Waals surface area contributed by atoms with Crippen molar-refractivity contribution in [1.29, 1.82) is 0 Å². The van der Waals surface area contributed by atoms with Gasteiger partial charge in [-0.25, -0.2) is 0 Å². The van der Waals surface area contributed by atoms with Crippen LogP contribution in [0, 0.1) is 28.1 Å². The molecule has 450 valence electrons. The molecule has 0 saturated carbocycles. The van der Waals surface area contributed by atoms with Gasteiger partial charge in [-0.1, -0.05) is 203 Å². The summed E-state index contributed by atoms with van der Waals surface area (Å²) in [5.41, 5.74) is 23.9. The second kappa shape index (κ2) is 27.4. The minimum atomic E-state index is 0.147. The van der Waals surface area contributed by atoms with Crippen molar-refractivity contribution in [2.45, 2.75) is 177 Å². The Morgan fingerprint density at radius 2 is 1.20 bits per heavy atom. The number of carbonyl (C=O) groups is 2. The van der Waals surface area contributed by atoms with Gasteiger partial charge < -0.3 is 19.9 Å². The molecule has 1 N–H and O–H groups in total. The van der Waals surface area contributed by atoms with Gasteiger partial charge in [-0.05, 0) is 213 Å². The van der Waals surface area contributed by atoms with Gasteiger partial charge in [0.25, 0.3) is 6.47 Å². The number of allylic oxidation sites excluding steroid dienone is 4. The van der Waals surface area contributed by atoms with Gasteiger partial charge in [-0.2, -0.15) is 0 Å². The molecule has 6 aromatic rings. The molecule has 0 spiro atoms. The first-order chi connectivity index (χ1) is 40.6. The van der Waals surface area contributed by atoms with E-state index < -0.39 is 0 Å². The SMILES string of the molecule is CC(=O)N1CCC(C(C)(C)C)c2cc(CC3=CCCC=C3)cc(Cc3ccccc3)c21.CC1c2ccccc2CC1Cc1ccc2c(c1)C(C(C)(C)C)CCN2.CN1CCC(C(C)(C)C)c2cc(CC3Cc4ccccc4C3)ccc21.COC=O. The van der Waals surface area contributed by atoms with Gasteiger partial charge in [0.05, 0.1) is 12.8 Å². The summed E-state index contributed by atoms with van der Waals surface area (Å²) < 4.78 is 3.86. The minimum Gasteiger partial charge on any atom is -0.471 e. The molecular formula is C79H101N3O3. The number of benzene rings is 6. The van der Waals surface area contributed by atoms with Crippen molar-refractivity contribution in [3.63, 3.8) is 0 Å². The topological polar surface area (TPSA) is 61.9 Å². The van der Waals surface area contributed by atoms with Crippen LogP contribution in [0.25, 0.3) is 0 Å². The molecular weight excluding hydrogens is 1040 g/mol. The molecule has 5 unspecified atom stereocenters. The molecule has 5 atom stereocenters. The van der Waals surface area contributed by atoms with E-state index in [0.717, 1.165) is 57.0 Å². The van der Waals surface area contributed by atoms with Gasteiger partial charge in [-0.3, -0.25) is 9.59 Å². The van der Waals surface area contributed by atoms with Crippen molar-refractivity contribution >= 4 is 29.4 Å². The normalized spacial score (nSPS) is 20.4. The highest BCUT2D eigenvalue weighted by atomic mass is 16.5. The lowest BCUT2D eigenvalue weighted by Gasteiger charge is -2.41. The van der Waals surface area contributed by atoms with Gasteiger partial charge >= 0.3 is 0 Å². The Morgan fingerprint density at radius 1 is 0.612 bits per heavy atom. The fourth-order valence-corrected chi connectivity index (χ4v) is 15.2. The Kier molecular flexibility index (Phi) is 20.2. The highest BCUT2D eigenvalue weighted by Crippen LogP contribution is 2.50. The zero-order valence-electron chi connectivity index (χ0n) is 54.1. The Balaban J connectivity index is 0.000000149. The minimum absolute atomic E-state index is 0.147. The second-order valence-electron chi connectivity index (χ2n) is 29.0. The van der Waals surface area contributed by atoms with E-state index in [1.165, 1.54) is 115 Å². The average molecular weight is 1140 g/mol. The van der Waals surface area contributed by atoms with Crippen LogP contribution in [-0.4, -0.2) is 46.2 Å². The van der Waals surface area contributed by atoms with Crippen molar-refractivity contribution in [3.8, 4) is 0 Å². The second-order valence-corrected chi connectivity index (χ2v) is 29.0. The van der Waals surface area contributed by atoms with Gasteiger partial charge in [0.1, 0.15) is 0 Å². The van der Waals surface area contributed by atoms with Gasteiger partial charge in [0, 0.05) is 45.0 Å². The maximum absolute atomic E-state index is 12.6. The van der Waals surface area contributed by atoms with Gasteiger partial charge in [-0.15, -0.1) is 0 Å². The number of anilines is 3. The maximum Gasteiger partial charge on any atom is 0.292 e. The lowest BCUT2D eigenvalue weighted by atomic mass is 9.71. The molecule has 6 aliphatic rings. The highest BCUT2D eigenvalue weighted by Gasteiger charge is 2.38. The summed E-state index contributed by atoms with van der Waals surface area (Å²) in [4.78, 5) is 26.0. The van der Waals surface area contributed by atoms with Crippen LogP contribution < -0.4 is 15.1 Å². The quantitative estimate of drug-likeness (QED) is 0.146. The smallest absolute Gasteiger partial charge is 0.292 e. The fraction of sp³-hybridized carbons (Fsp3) is 0.468. The van der Waals surface area contributed by atoms with Gasteiger partial charge in [0.2, 0.25) is 5.91 Å². The number of nitrogens with one attached hydrogen (secondary N) is 1. The third-order valence-corrected chi connectivity index (χ3v) is 19.7. The third-order valence-electron chi connectivity index (χ3n) is 19.7. The number of amides is 1. The van der Waals surface area contributed by atoms with Gasteiger partial charge in [0.15, 0.2) is 0 Å². The summed E-state index contributed by atoms with van der Waals surface area (Å²) in [6.45, 7) is 28.9. The van der Waals surface area contributed by atoms with E-state index in [-0.39, 0.29) is 11.3 Å². The van der Waals surface area contributed by atoms with Crippen LogP contribution in [0.5, 0.6) is 0 Å². The number of hydrogen-bond acceptors (Lipinski definition) is 5.